The van der Waals surface area contributed by atoms with E-state index in [0.717, 1.165) is 17.8 Å². The molecule has 0 aliphatic carbocycles. The Balaban J connectivity index is 1.19. The summed E-state index contributed by atoms with van der Waals surface area (Å²) in [4.78, 5) is 42.0. The Labute approximate surface area is 185 Å². The minimum absolute atomic E-state index is 0.0356. The van der Waals surface area contributed by atoms with Crippen LogP contribution in [0.15, 0.2) is 41.2 Å². The Morgan fingerprint density at radius 3 is 2.66 bits per heavy atom. The van der Waals surface area contributed by atoms with Gasteiger partial charge in [-0.2, -0.15) is 0 Å². The normalized spacial score (nSPS) is 26.1. The average Bonchev–Trinajstić information content (AvgIpc) is 3.20. The lowest BCUT2D eigenvalue weighted by Crippen LogP contribution is -2.50. The molecule has 1 aromatic heterocycles. The van der Waals surface area contributed by atoms with E-state index in [1.807, 2.05) is 33.7 Å². The molecule has 2 amide bonds. The van der Waals surface area contributed by atoms with Crippen LogP contribution < -0.4 is 19.9 Å². The number of fused-ring (bicyclic) bond motifs is 5. The van der Waals surface area contributed by atoms with Crippen molar-refractivity contribution in [1.29, 1.82) is 0 Å². The van der Waals surface area contributed by atoms with Gasteiger partial charge in [-0.3, -0.25) is 14.4 Å². The van der Waals surface area contributed by atoms with E-state index in [-0.39, 0.29) is 41.5 Å². The summed E-state index contributed by atoms with van der Waals surface area (Å²) in [5.41, 5.74) is 1.79. The fraction of sp³-hybridized carbons (Fsp3) is 0.458. The van der Waals surface area contributed by atoms with Crippen molar-refractivity contribution >= 4 is 17.5 Å². The molecule has 8 heteroatoms. The second-order valence-electron chi connectivity index (χ2n) is 9.17. The molecule has 4 aliphatic heterocycles. The number of piperidine rings is 1. The molecule has 3 atom stereocenters. The van der Waals surface area contributed by atoms with Gasteiger partial charge in [0.15, 0.2) is 11.5 Å². The number of rotatable bonds is 2. The van der Waals surface area contributed by atoms with Crippen molar-refractivity contribution in [3.63, 3.8) is 0 Å². The number of pyridine rings is 1. The van der Waals surface area contributed by atoms with Crippen LogP contribution in [0.1, 0.15) is 24.5 Å². The van der Waals surface area contributed by atoms with Crippen LogP contribution >= 0.6 is 0 Å². The van der Waals surface area contributed by atoms with Gasteiger partial charge in [0.2, 0.25) is 11.8 Å². The van der Waals surface area contributed by atoms with Crippen molar-refractivity contribution in [3.8, 4) is 11.5 Å². The Kier molecular flexibility index (Phi) is 4.48. The van der Waals surface area contributed by atoms with E-state index >= 15 is 0 Å². The molecule has 6 rings (SSSR count). The summed E-state index contributed by atoms with van der Waals surface area (Å²) in [6.07, 6.45) is 1.22. The summed E-state index contributed by atoms with van der Waals surface area (Å²) in [6, 6.07) is 10.9. The molecule has 4 aliphatic rings. The van der Waals surface area contributed by atoms with Gasteiger partial charge in [-0.15, -0.1) is 0 Å². The zero-order valence-corrected chi connectivity index (χ0v) is 17.7. The first-order valence-corrected chi connectivity index (χ1v) is 11.3. The zero-order chi connectivity index (χ0) is 21.8. The average molecular weight is 435 g/mol. The molecule has 0 N–H and O–H groups in total. The van der Waals surface area contributed by atoms with E-state index in [2.05, 4.69) is 0 Å². The van der Waals surface area contributed by atoms with Gasteiger partial charge in [0.25, 0.3) is 5.56 Å². The second-order valence-corrected chi connectivity index (χ2v) is 9.17. The minimum atomic E-state index is -0.354. The maximum absolute atomic E-state index is 13.4. The number of benzene rings is 1. The number of ether oxygens (including phenoxy) is 2. The van der Waals surface area contributed by atoms with E-state index in [0.29, 0.717) is 50.9 Å². The van der Waals surface area contributed by atoms with E-state index in [1.165, 1.54) is 0 Å². The van der Waals surface area contributed by atoms with Crippen LogP contribution in [-0.2, 0) is 16.1 Å². The lowest BCUT2D eigenvalue weighted by atomic mass is 9.82. The molecule has 0 radical (unpaired) electrons. The summed E-state index contributed by atoms with van der Waals surface area (Å²) >= 11 is 0. The monoisotopic (exact) mass is 435 g/mol. The first kappa shape index (κ1) is 19.4. The van der Waals surface area contributed by atoms with Gasteiger partial charge in [-0.1, -0.05) is 6.07 Å². The molecule has 2 bridgehead atoms. The summed E-state index contributed by atoms with van der Waals surface area (Å²) in [7, 11) is 0. The summed E-state index contributed by atoms with van der Waals surface area (Å²) in [5, 5.41) is 0. The predicted molar refractivity (Wildman–Crippen MR) is 116 cm³/mol. The third-order valence-corrected chi connectivity index (χ3v) is 7.10. The molecular formula is C24H25N3O5. The molecule has 2 aromatic rings. The number of aromatic nitrogens is 1. The second kappa shape index (κ2) is 7.39. The van der Waals surface area contributed by atoms with Gasteiger partial charge in [0, 0.05) is 62.0 Å². The summed E-state index contributed by atoms with van der Waals surface area (Å²) < 4.78 is 13.1. The Bertz CT molecular complexity index is 1160. The Hall–Kier alpha value is -3.29. The van der Waals surface area contributed by atoms with E-state index in [4.69, 9.17) is 9.47 Å². The zero-order valence-electron chi connectivity index (χ0n) is 17.7. The van der Waals surface area contributed by atoms with Crippen LogP contribution in [0.4, 0.5) is 5.69 Å². The lowest BCUT2D eigenvalue weighted by Gasteiger charge is -2.43. The maximum atomic E-state index is 13.4. The van der Waals surface area contributed by atoms with Gasteiger partial charge in [-0.25, -0.2) is 0 Å². The number of hydrogen-bond acceptors (Lipinski definition) is 5. The molecular weight excluding hydrogens is 410 g/mol. The highest BCUT2D eigenvalue weighted by atomic mass is 16.6. The lowest BCUT2D eigenvalue weighted by molar-refractivity contribution is -0.138. The molecule has 2 saturated heterocycles. The highest BCUT2D eigenvalue weighted by Gasteiger charge is 2.42. The number of hydrogen-bond donors (Lipinski definition) is 0. The quantitative estimate of drug-likeness (QED) is 0.716. The number of carbonyl (C=O) groups is 2. The number of amides is 2. The first-order chi connectivity index (χ1) is 15.6. The fourth-order valence-corrected chi connectivity index (χ4v) is 5.66. The third-order valence-electron chi connectivity index (χ3n) is 7.10. The summed E-state index contributed by atoms with van der Waals surface area (Å²) in [6.45, 7) is 3.28. The van der Waals surface area contributed by atoms with Crippen molar-refractivity contribution in [2.24, 2.45) is 11.8 Å². The molecule has 2 fully saturated rings. The van der Waals surface area contributed by atoms with Crippen molar-refractivity contribution in [1.82, 2.24) is 9.47 Å². The maximum Gasteiger partial charge on any atom is 0.250 e. The van der Waals surface area contributed by atoms with Gasteiger partial charge < -0.3 is 23.8 Å². The highest BCUT2D eigenvalue weighted by Crippen LogP contribution is 2.38. The van der Waals surface area contributed by atoms with Gasteiger partial charge in [0.1, 0.15) is 13.2 Å². The molecule has 0 unspecified atom stereocenters. The topological polar surface area (TPSA) is 81.1 Å². The van der Waals surface area contributed by atoms with E-state index in [1.54, 1.807) is 17.0 Å². The van der Waals surface area contributed by atoms with Crippen LogP contribution in [0.2, 0.25) is 0 Å². The molecule has 166 valence electrons. The molecule has 0 spiro atoms. The van der Waals surface area contributed by atoms with Crippen molar-refractivity contribution < 1.29 is 19.1 Å². The van der Waals surface area contributed by atoms with Crippen LogP contribution in [0.25, 0.3) is 0 Å². The first-order valence-electron chi connectivity index (χ1n) is 11.3. The Morgan fingerprint density at radius 1 is 0.938 bits per heavy atom. The molecule has 5 heterocycles. The number of carbonyl (C=O) groups excluding carboxylic acids is 2. The van der Waals surface area contributed by atoms with Crippen LogP contribution in [-0.4, -0.2) is 54.1 Å². The van der Waals surface area contributed by atoms with Gasteiger partial charge in [0.05, 0.1) is 5.92 Å². The smallest absolute Gasteiger partial charge is 0.250 e. The SMILES string of the molecule is O=C([C@H]1CC(=O)N(c2ccc3c(c2)OCCO3)C1)N1C[C@H]2C[C@@H](C1)c1cccc(=O)n1C2. The molecule has 1 aromatic carbocycles. The number of nitrogens with zero attached hydrogens (tertiary/aromatic N) is 3. The van der Waals surface area contributed by atoms with Crippen molar-refractivity contribution in [2.75, 3.05) is 37.7 Å². The Morgan fingerprint density at radius 2 is 1.78 bits per heavy atom. The number of likely N-dealkylation sites (tertiary alicyclic amines) is 1. The van der Waals surface area contributed by atoms with Crippen LogP contribution in [0.3, 0.4) is 0 Å². The van der Waals surface area contributed by atoms with Gasteiger partial charge >= 0.3 is 0 Å². The molecule has 32 heavy (non-hydrogen) atoms. The van der Waals surface area contributed by atoms with Crippen LogP contribution in [0, 0.1) is 11.8 Å². The van der Waals surface area contributed by atoms with E-state index in [9.17, 15) is 14.4 Å². The fourth-order valence-electron chi connectivity index (χ4n) is 5.66. The highest BCUT2D eigenvalue weighted by molar-refractivity contribution is 6.00. The summed E-state index contributed by atoms with van der Waals surface area (Å²) in [5.74, 6) is 1.40. The molecule has 0 saturated carbocycles. The predicted octanol–water partition coefficient (Wildman–Crippen LogP) is 1.62. The van der Waals surface area contributed by atoms with Crippen molar-refractivity contribution in [2.45, 2.75) is 25.3 Å². The minimum Gasteiger partial charge on any atom is -0.486 e. The van der Waals surface area contributed by atoms with E-state index < -0.39 is 0 Å². The van der Waals surface area contributed by atoms with Gasteiger partial charge in [-0.05, 0) is 30.5 Å². The largest absolute Gasteiger partial charge is 0.486 e. The van der Waals surface area contributed by atoms with Crippen LogP contribution in [0.5, 0.6) is 11.5 Å². The number of anilines is 1. The standard InChI is InChI=1S/C24H25N3O5/c28-22-3-1-2-19-16-8-15(12-27(19)22)11-25(13-16)24(30)17-9-23(29)26(14-17)18-4-5-20-21(10-18)32-7-6-31-20/h1-5,10,15-17H,6-9,11-14H2/t15-,16+,17+/m1/s1. The van der Waals surface area contributed by atoms with Crippen molar-refractivity contribution in [3.05, 3.63) is 52.4 Å². The third kappa shape index (κ3) is 3.16. The molecule has 8 nitrogen and oxygen atoms in total.